The van der Waals surface area contributed by atoms with Gasteiger partial charge in [0.25, 0.3) is 0 Å². The van der Waals surface area contributed by atoms with Crippen LogP contribution in [0.1, 0.15) is 11.7 Å². The van der Waals surface area contributed by atoms with Crippen molar-refractivity contribution in [1.29, 1.82) is 0 Å². The molecule has 13 heavy (non-hydrogen) atoms. The van der Waals surface area contributed by atoms with Crippen LogP contribution in [0.15, 0.2) is 24.3 Å². The van der Waals surface area contributed by atoms with Gasteiger partial charge in [-0.1, -0.05) is 12.1 Å². The van der Waals surface area contributed by atoms with Crippen LogP contribution in [0.2, 0.25) is 0 Å². The van der Waals surface area contributed by atoms with Gasteiger partial charge in [0.15, 0.2) is 0 Å². The van der Waals surface area contributed by atoms with E-state index in [-0.39, 0.29) is 18.2 Å². The Labute approximate surface area is 83.8 Å². The Morgan fingerprint density at radius 1 is 1.31 bits per heavy atom. The lowest BCUT2D eigenvalue weighted by atomic mass is 10.1. The molecule has 0 spiro atoms. The first kappa shape index (κ1) is 12.2. The van der Waals surface area contributed by atoms with Crippen LogP contribution in [0.5, 0.6) is 5.75 Å². The zero-order chi connectivity index (χ0) is 8.97. The van der Waals surface area contributed by atoms with E-state index in [1.165, 1.54) is 0 Å². The number of aromatic hydroxyl groups is 1. The lowest BCUT2D eigenvalue weighted by Crippen LogP contribution is -3.00. The Balaban J connectivity index is 0.00000144. The monoisotopic (exact) mass is 203 g/mol. The number of quaternary nitrogens is 1. The highest BCUT2D eigenvalue weighted by Gasteiger charge is 2.06. The highest BCUT2D eigenvalue weighted by molar-refractivity contribution is 5.27. The molecule has 4 heteroatoms. The van der Waals surface area contributed by atoms with Crippen LogP contribution in [-0.4, -0.2) is 23.8 Å². The molecule has 4 N–H and O–H groups in total. The molecule has 1 rings (SSSR count). The molecule has 0 heterocycles. The molecule has 0 saturated heterocycles. The SMILES string of the molecule is C[NH2+]C[C@H](O)c1ccc(O)cc1.[Cl-]. The van der Waals surface area contributed by atoms with E-state index in [1.807, 2.05) is 12.4 Å². The number of halogens is 1. The van der Waals surface area contributed by atoms with Crippen LogP contribution < -0.4 is 17.7 Å². The lowest BCUT2D eigenvalue weighted by Gasteiger charge is -2.07. The largest absolute Gasteiger partial charge is 1.00 e. The minimum absolute atomic E-state index is 0. The van der Waals surface area contributed by atoms with Gasteiger partial charge in [-0.05, 0) is 17.7 Å². The molecule has 0 aliphatic rings. The van der Waals surface area contributed by atoms with Gasteiger partial charge in [-0.2, -0.15) is 0 Å². The maximum Gasteiger partial charge on any atom is 0.128 e. The molecule has 1 aromatic carbocycles. The molecular formula is C9H14ClNO2. The zero-order valence-electron chi connectivity index (χ0n) is 7.44. The topological polar surface area (TPSA) is 57.1 Å². The number of phenols is 1. The Morgan fingerprint density at radius 3 is 2.31 bits per heavy atom. The van der Waals surface area contributed by atoms with Crippen LogP contribution in [0.25, 0.3) is 0 Å². The molecule has 0 fully saturated rings. The highest BCUT2D eigenvalue weighted by atomic mass is 35.5. The van der Waals surface area contributed by atoms with Crippen molar-refractivity contribution in [3.05, 3.63) is 29.8 Å². The molecule has 0 aliphatic carbocycles. The molecule has 1 aromatic rings. The minimum atomic E-state index is -0.449. The summed E-state index contributed by atoms with van der Waals surface area (Å²) in [6, 6.07) is 6.61. The van der Waals surface area contributed by atoms with Crippen LogP contribution in [-0.2, 0) is 0 Å². The Hall–Kier alpha value is -0.770. The molecule has 74 valence electrons. The summed E-state index contributed by atoms with van der Waals surface area (Å²) >= 11 is 0. The van der Waals surface area contributed by atoms with Gasteiger partial charge in [-0.25, -0.2) is 0 Å². The van der Waals surface area contributed by atoms with Gasteiger partial charge in [0.2, 0.25) is 0 Å². The third-order valence-electron chi connectivity index (χ3n) is 1.74. The zero-order valence-corrected chi connectivity index (χ0v) is 8.20. The maximum atomic E-state index is 9.50. The smallest absolute Gasteiger partial charge is 0.128 e. The fourth-order valence-electron chi connectivity index (χ4n) is 1.06. The normalized spacial score (nSPS) is 11.8. The molecule has 0 unspecified atom stereocenters. The van der Waals surface area contributed by atoms with Crippen LogP contribution in [0.4, 0.5) is 0 Å². The van der Waals surface area contributed by atoms with Crippen molar-refractivity contribution in [2.45, 2.75) is 6.10 Å². The Kier molecular flexibility index (Phi) is 5.46. The summed E-state index contributed by atoms with van der Waals surface area (Å²) in [7, 11) is 1.91. The third kappa shape index (κ3) is 3.63. The van der Waals surface area contributed by atoms with Crippen molar-refractivity contribution < 1.29 is 27.9 Å². The molecule has 0 amide bonds. The molecule has 0 aliphatic heterocycles. The van der Waals surface area contributed by atoms with E-state index in [9.17, 15) is 5.11 Å². The van der Waals surface area contributed by atoms with Gasteiger partial charge in [0.05, 0.1) is 7.05 Å². The van der Waals surface area contributed by atoms with Crippen molar-refractivity contribution >= 4 is 0 Å². The first-order chi connectivity index (χ1) is 5.74. The van der Waals surface area contributed by atoms with Crippen molar-refractivity contribution in [3.8, 4) is 5.75 Å². The number of hydrogen-bond acceptors (Lipinski definition) is 2. The summed E-state index contributed by atoms with van der Waals surface area (Å²) in [5.74, 6) is 0.228. The fraction of sp³-hybridized carbons (Fsp3) is 0.333. The second kappa shape index (κ2) is 5.80. The molecule has 0 saturated carbocycles. The molecular weight excluding hydrogens is 190 g/mol. The number of phenolic OH excluding ortho intramolecular Hbond substituents is 1. The second-order valence-corrected chi connectivity index (χ2v) is 2.75. The quantitative estimate of drug-likeness (QED) is 0.480. The summed E-state index contributed by atoms with van der Waals surface area (Å²) in [5, 5.41) is 20.4. The standard InChI is InChI=1S/C9H13NO2.ClH/c1-10-6-9(12)7-2-4-8(11)5-3-7;/h2-5,9-12H,6H2,1H3;1H/t9-;/m0./s1. The number of benzene rings is 1. The molecule has 0 radical (unpaired) electrons. The van der Waals surface area contributed by atoms with Gasteiger partial charge in [0.1, 0.15) is 18.4 Å². The summed E-state index contributed by atoms with van der Waals surface area (Å²) in [4.78, 5) is 0. The van der Waals surface area contributed by atoms with Gasteiger partial charge >= 0.3 is 0 Å². The maximum absolute atomic E-state index is 9.50. The molecule has 1 atom stereocenters. The van der Waals surface area contributed by atoms with Crippen LogP contribution >= 0.6 is 0 Å². The molecule has 0 bridgehead atoms. The summed E-state index contributed by atoms with van der Waals surface area (Å²) in [5.41, 5.74) is 0.839. The van der Waals surface area contributed by atoms with E-state index < -0.39 is 6.10 Å². The number of likely N-dealkylation sites (N-methyl/N-ethyl adjacent to an activating group) is 1. The molecule has 3 nitrogen and oxygen atoms in total. The third-order valence-corrected chi connectivity index (χ3v) is 1.74. The van der Waals surface area contributed by atoms with E-state index in [2.05, 4.69) is 0 Å². The lowest BCUT2D eigenvalue weighted by molar-refractivity contribution is -0.634. The van der Waals surface area contributed by atoms with E-state index >= 15 is 0 Å². The number of nitrogens with two attached hydrogens (primary N) is 1. The fourth-order valence-corrected chi connectivity index (χ4v) is 1.06. The first-order valence-corrected chi connectivity index (χ1v) is 3.99. The summed E-state index contributed by atoms with van der Waals surface area (Å²) in [6.45, 7) is 0.644. The Bertz CT molecular complexity index is 238. The predicted octanol–water partition coefficient (Wildman–Crippen LogP) is -3.38. The van der Waals surface area contributed by atoms with E-state index in [0.29, 0.717) is 6.54 Å². The number of hydrogen-bond donors (Lipinski definition) is 3. The Morgan fingerprint density at radius 2 is 1.85 bits per heavy atom. The summed E-state index contributed by atoms with van der Waals surface area (Å²) in [6.07, 6.45) is -0.449. The van der Waals surface area contributed by atoms with Crippen molar-refractivity contribution in [2.24, 2.45) is 0 Å². The van der Waals surface area contributed by atoms with Crippen molar-refractivity contribution in [2.75, 3.05) is 13.6 Å². The predicted molar refractivity (Wildman–Crippen MR) is 45.8 cm³/mol. The number of aliphatic hydroxyl groups excluding tert-OH is 1. The summed E-state index contributed by atoms with van der Waals surface area (Å²) < 4.78 is 0. The van der Waals surface area contributed by atoms with E-state index in [0.717, 1.165) is 5.56 Å². The number of aliphatic hydroxyl groups is 1. The van der Waals surface area contributed by atoms with E-state index in [4.69, 9.17) is 5.11 Å². The van der Waals surface area contributed by atoms with Gasteiger partial charge in [0, 0.05) is 0 Å². The highest BCUT2D eigenvalue weighted by Crippen LogP contribution is 2.14. The van der Waals surface area contributed by atoms with Crippen LogP contribution in [0.3, 0.4) is 0 Å². The average molecular weight is 204 g/mol. The van der Waals surface area contributed by atoms with Crippen LogP contribution in [0, 0.1) is 0 Å². The van der Waals surface area contributed by atoms with E-state index in [1.54, 1.807) is 24.3 Å². The van der Waals surface area contributed by atoms with Gasteiger partial charge < -0.3 is 27.9 Å². The second-order valence-electron chi connectivity index (χ2n) is 2.75. The van der Waals surface area contributed by atoms with Gasteiger partial charge in [-0.15, -0.1) is 0 Å². The number of rotatable bonds is 3. The van der Waals surface area contributed by atoms with Gasteiger partial charge in [-0.3, -0.25) is 0 Å². The van der Waals surface area contributed by atoms with Crippen molar-refractivity contribution in [3.63, 3.8) is 0 Å². The molecule has 0 aromatic heterocycles. The average Bonchev–Trinajstić information content (AvgIpc) is 2.06. The van der Waals surface area contributed by atoms with Crippen molar-refractivity contribution in [1.82, 2.24) is 0 Å². The minimum Gasteiger partial charge on any atom is -1.00 e. The first-order valence-electron chi connectivity index (χ1n) is 3.99.